The number of morpholine rings is 1. The number of carbonyl (C=O) groups excluding carboxylic acids is 3. The lowest BCUT2D eigenvalue weighted by Gasteiger charge is -2.38. The van der Waals surface area contributed by atoms with Gasteiger partial charge < -0.3 is 30.1 Å². The van der Waals surface area contributed by atoms with Crippen LogP contribution in [0.4, 0.5) is 16.2 Å². The van der Waals surface area contributed by atoms with Gasteiger partial charge in [-0.2, -0.15) is 0 Å². The molecule has 0 radical (unpaired) electrons. The lowest BCUT2D eigenvalue weighted by atomic mass is 9.94. The molecular weight excluding hydrogens is 470 g/mol. The van der Waals surface area contributed by atoms with Gasteiger partial charge in [0.1, 0.15) is 0 Å². The van der Waals surface area contributed by atoms with E-state index in [-0.39, 0.29) is 23.8 Å². The summed E-state index contributed by atoms with van der Waals surface area (Å²) in [5.74, 6) is -0.0724. The summed E-state index contributed by atoms with van der Waals surface area (Å²) >= 11 is 0. The third-order valence-electron chi connectivity index (χ3n) is 6.96. The van der Waals surface area contributed by atoms with Crippen LogP contribution in [0.15, 0.2) is 48.5 Å². The fourth-order valence-corrected chi connectivity index (χ4v) is 4.96. The number of ether oxygens (including phenoxy) is 1. The molecule has 2 aromatic rings. The Labute approximate surface area is 218 Å². The predicted octanol–water partition coefficient (Wildman–Crippen LogP) is 3.14. The number of carbonyl (C=O) groups is 3. The molecule has 0 bridgehead atoms. The average molecular weight is 508 g/mol. The second kappa shape index (κ2) is 12.6. The Hall–Kier alpha value is -3.59. The summed E-state index contributed by atoms with van der Waals surface area (Å²) in [7, 11) is 0. The van der Waals surface area contributed by atoms with Crippen LogP contribution in [0.25, 0.3) is 0 Å². The summed E-state index contributed by atoms with van der Waals surface area (Å²) < 4.78 is 5.42. The van der Waals surface area contributed by atoms with Crippen LogP contribution in [0, 0.1) is 0 Å². The van der Waals surface area contributed by atoms with Gasteiger partial charge in [0.05, 0.1) is 24.7 Å². The Morgan fingerprint density at radius 3 is 2.24 bits per heavy atom. The van der Waals surface area contributed by atoms with Crippen LogP contribution in [0.5, 0.6) is 0 Å². The van der Waals surface area contributed by atoms with Crippen molar-refractivity contribution in [3.05, 3.63) is 59.7 Å². The molecule has 2 fully saturated rings. The van der Waals surface area contributed by atoms with Crippen LogP contribution in [0.2, 0.25) is 0 Å². The monoisotopic (exact) mass is 507 g/mol. The molecule has 2 aromatic carbocycles. The van der Waals surface area contributed by atoms with Gasteiger partial charge in [0, 0.05) is 57.2 Å². The molecule has 1 unspecified atom stereocenters. The summed E-state index contributed by atoms with van der Waals surface area (Å²) in [6.07, 6.45) is 0.751. The second-order valence-electron chi connectivity index (χ2n) is 9.30. The normalized spacial score (nSPS) is 16.8. The van der Waals surface area contributed by atoms with Gasteiger partial charge in [-0.15, -0.1) is 0 Å². The molecule has 1 atom stereocenters. The smallest absolute Gasteiger partial charge is 0.319 e. The maximum atomic E-state index is 13.5. The molecule has 0 spiro atoms. The topological polar surface area (TPSA) is 94.2 Å². The average Bonchev–Trinajstić information content (AvgIpc) is 2.94. The van der Waals surface area contributed by atoms with Crippen LogP contribution in [-0.4, -0.2) is 86.7 Å². The summed E-state index contributed by atoms with van der Waals surface area (Å²) in [4.78, 5) is 44.9. The van der Waals surface area contributed by atoms with E-state index in [0.717, 1.165) is 17.7 Å². The molecule has 37 heavy (non-hydrogen) atoms. The zero-order valence-electron chi connectivity index (χ0n) is 21.7. The van der Waals surface area contributed by atoms with Crippen LogP contribution >= 0.6 is 0 Å². The third-order valence-corrected chi connectivity index (χ3v) is 6.96. The number of anilines is 2. The third kappa shape index (κ3) is 6.40. The largest absolute Gasteiger partial charge is 0.378 e. The van der Waals surface area contributed by atoms with Crippen molar-refractivity contribution in [3.63, 3.8) is 0 Å². The molecule has 4 rings (SSSR count). The fraction of sp³-hybridized carbons (Fsp3) is 0.464. The highest BCUT2D eigenvalue weighted by Gasteiger charge is 2.30. The molecule has 2 saturated heterocycles. The van der Waals surface area contributed by atoms with E-state index in [4.69, 9.17) is 4.74 Å². The maximum Gasteiger partial charge on any atom is 0.319 e. The summed E-state index contributed by atoms with van der Waals surface area (Å²) in [6, 6.07) is 15.1. The first kappa shape index (κ1) is 26.5. The Morgan fingerprint density at radius 1 is 0.892 bits per heavy atom. The number of hydrogen-bond acceptors (Lipinski definition) is 5. The van der Waals surface area contributed by atoms with E-state index in [0.29, 0.717) is 70.3 Å². The van der Waals surface area contributed by atoms with E-state index in [2.05, 4.69) is 15.5 Å². The minimum atomic E-state index is -0.309. The standard InChI is InChI=1S/C28H37N5O4/c1-3-23(21-8-6-5-7-9-21)26(34)32-14-12-31(13-15-32)25-11-10-22(30-28(36)29-4-2)20-24(25)27(35)33-16-18-37-19-17-33/h5-11,20,23H,3-4,12-19H2,1-2H3,(H2,29,30,36). The van der Waals surface area contributed by atoms with Crippen LogP contribution in [0.1, 0.15) is 42.1 Å². The number of amides is 4. The van der Waals surface area contributed by atoms with Crippen molar-refractivity contribution in [1.29, 1.82) is 0 Å². The number of rotatable bonds is 7. The van der Waals surface area contributed by atoms with Gasteiger partial charge in [0.2, 0.25) is 5.91 Å². The van der Waals surface area contributed by atoms with E-state index in [1.165, 1.54) is 0 Å². The number of urea groups is 1. The molecule has 0 aliphatic carbocycles. The Kier molecular flexibility index (Phi) is 9.00. The van der Waals surface area contributed by atoms with Crippen LogP contribution in [0.3, 0.4) is 0 Å². The van der Waals surface area contributed by atoms with Crippen molar-refractivity contribution in [3.8, 4) is 0 Å². The van der Waals surface area contributed by atoms with Gasteiger partial charge >= 0.3 is 6.03 Å². The highest BCUT2D eigenvalue weighted by Crippen LogP contribution is 2.29. The number of hydrogen-bond donors (Lipinski definition) is 2. The maximum absolute atomic E-state index is 13.5. The molecule has 2 N–H and O–H groups in total. The van der Waals surface area contributed by atoms with Gasteiger partial charge in [-0.25, -0.2) is 4.79 Å². The van der Waals surface area contributed by atoms with Crippen molar-refractivity contribution < 1.29 is 19.1 Å². The summed E-state index contributed by atoms with van der Waals surface area (Å²) in [5, 5.41) is 5.53. The van der Waals surface area contributed by atoms with E-state index < -0.39 is 0 Å². The molecule has 2 aliphatic heterocycles. The molecule has 0 aromatic heterocycles. The number of nitrogens with zero attached hydrogens (tertiary/aromatic N) is 3. The first-order valence-electron chi connectivity index (χ1n) is 13.2. The SMILES string of the molecule is CCNC(=O)Nc1ccc(N2CCN(C(=O)C(CC)c3ccccc3)CC2)c(C(=O)N2CCOCC2)c1. The van der Waals surface area contributed by atoms with E-state index >= 15 is 0 Å². The van der Waals surface area contributed by atoms with Crippen molar-refractivity contribution >= 4 is 29.2 Å². The lowest BCUT2D eigenvalue weighted by Crippen LogP contribution is -2.50. The minimum absolute atomic E-state index is 0.0773. The van der Waals surface area contributed by atoms with Crippen molar-refractivity contribution in [1.82, 2.24) is 15.1 Å². The van der Waals surface area contributed by atoms with Crippen LogP contribution < -0.4 is 15.5 Å². The minimum Gasteiger partial charge on any atom is -0.378 e. The molecule has 0 saturated carbocycles. The number of piperazine rings is 1. The highest BCUT2D eigenvalue weighted by molar-refractivity contribution is 6.02. The van der Waals surface area contributed by atoms with E-state index in [9.17, 15) is 14.4 Å². The molecule has 2 aliphatic rings. The first-order valence-corrected chi connectivity index (χ1v) is 13.2. The van der Waals surface area contributed by atoms with Crippen molar-refractivity contribution in [2.75, 3.05) is 69.2 Å². The quantitative estimate of drug-likeness (QED) is 0.601. The summed E-state index contributed by atoms with van der Waals surface area (Å²) in [6.45, 7) is 8.94. The number of benzene rings is 2. The van der Waals surface area contributed by atoms with Crippen molar-refractivity contribution in [2.45, 2.75) is 26.2 Å². The van der Waals surface area contributed by atoms with Gasteiger partial charge in [0.25, 0.3) is 5.91 Å². The molecule has 198 valence electrons. The van der Waals surface area contributed by atoms with E-state index in [1.807, 2.05) is 61.2 Å². The van der Waals surface area contributed by atoms with Gasteiger partial charge in [-0.3, -0.25) is 9.59 Å². The molecule has 4 amide bonds. The molecule has 9 heteroatoms. The van der Waals surface area contributed by atoms with Gasteiger partial charge in [-0.1, -0.05) is 37.3 Å². The molecule has 2 heterocycles. The predicted molar refractivity (Wildman–Crippen MR) is 144 cm³/mol. The lowest BCUT2D eigenvalue weighted by molar-refractivity contribution is -0.133. The zero-order chi connectivity index (χ0) is 26.2. The Bertz CT molecular complexity index is 1080. The Morgan fingerprint density at radius 2 is 1.59 bits per heavy atom. The van der Waals surface area contributed by atoms with Gasteiger partial charge in [-0.05, 0) is 37.1 Å². The fourth-order valence-electron chi connectivity index (χ4n) is 4.96. The number of nitrogens with one attached hydrogen (secondary N) is 2. The molecule has 9 nitrogen and oxygen atoms in total. The first-order chi connectivity index (χ1) is 18.0. The highest BCUT2D eigenvalue weighted by atomic mass is 16.5. The van der Waals surface area contributed by atoms with E-state index in [1.54, 1.807) is 11.0 Å². The van der Waals surface area contributed by atoms with Gasteiger partial charge in [0.15, 0.2) is 0 Å². The Balaban J connectivity index is 1.50. The second-order valence-corrected chi connectivity index (χ2v) is 9.30. The molecular formula is C28H37N5O4. The van der Waals surface area contributed by atoms with Crippen LogP contribution in [-0.2, 0) is 9.53 Å². The summed E-state index contributed by atoms with van der Waals surface area (Å²) in [5.41, 5.74) is 2.98. The zero-order valence-corrected chi connectivity index (χ0v) is 21.7. The van der Waals surface area contributed by atoms with Crippen molar-refractivity contribution in [2.24, 2.45) is 0 Å².